The van der Waals surface area contributed by atoms with E-state index in [1.54, 1.807) is 42.5 Å². The summed E-state index contributed by atoms with van der Waals surface area (Å²) in [5.41, 5.74) is 2.97. The molecule has 0 aliphatic heterocycles. The third kappa shape index (κ3) is 6.10. The van der Waals surface area contributed by atoms with E-state index in [1.807, 2.05) is 6.07 Å². The van der Waals surface area contributed by atoms with Gasteiger partial charge in [0.05, 0.1) is 23.3 Å². The Kier molecular flexibility index (Phi) is 7.20. The molecule has 0 atom stereocenters. The van der Waals surface area contributed by atoms with E-state index in [0.29, 0.717) is 34.6 Å². The molecular formula is C17H17Cl2NO3. The van der Waals surface area contributed by atoms with E-state index >= 15 is 0 Å². The maximum atomic E-state index is 11.7. The number of halogens is 2. The lowest BCUT2D eigenvalue weighted by Crippen LogP contribution is -2.24. The molecule has 0 saturated carbocycles. The minimum absolute atomic E-state index is 0.252. The van der Waals surface area contributed by atoms with Crippen molar-refractivity contribution in [1.29, 1.82) is 0 Å². The third-order valence-corrected chi connectivity index (χ3v) is 3.74. The molecule has 2 rings (SSSR count). The first-order valence-electron chi connectivity index (χ1n) is 7.22. The van der Waals surface area contributed by atoms with E-state index in [0.717, 1.165) is 12.8 Å². The lowest BCUT2D eigenvalue weighted by molar-refractivity contribution is 0.0291. The molecule has 2 aromatic rings. The van der Waals surface area contributed by atoms with Crippen molar-refractivity contribution in [2.75, 3.05) is 13.2 Å². The SMILES string of the molecule is O=C(NOCCCCOc1ccc(Cl)c(Cl)c1)c1ccccc1. The van der Waals surface area contributed by atoms with Crippen molar-refractivity contribution in [1.82, 2.24) is 5.48 Å². The van der Waals surface area contributed by atoms with Gasteiger partial charge in [-0.3, -0.25) is 9.63 Å². The van der Waals surface area contributed by atoms with Crippen LogP contribution in [0.15, 0.2) is 48.5 Å². The highest BCUT2D eigenvalue weighted by Crippen LogP contribution is 2.26. The molecule has 0 fully saturated rings. The Balaban J connectivity index is 1.56. The molecule has 0 aromatic heterocycles. The van der Waals surface area contributed by atoms with Crippen LogP contribution in [-0.4, -0.2) is 19.1 Å². The second-order valence-corrected chi connectivity index (χ2v) is 5.59. The molecule has 0 bridgehead atoms. The van der Waals surface area contributed by atoms with E-state index in [4.69, 9.17) is 32.8 Å². The molecule has 23 heavy (non-hydrogen) atoms. The average Bonchev–Trinajstić information content (AvgIpc) is 2.57. The van der Waals surface area contributed by atoms with Crippen molar-refractivity contribution in [3.05, 3.63) is 64.1 Å². The van der Waals surface area contributed by atoms with Crippen LogP contribution in [0.2, 0.25) is 10.0 Å². The van der Waals surface area contributed by atoms with Crippen molar-refractivity contribution in [3.8, 4) is 5.75 Å². The summed E-state index contributed by atoms with van der Waals surface area (Å²) in [4.78, 5) is 16.8. The Morgan fingerprint density at radius 2 is 1.70 bits per heavy atom. The Hall–Kier alpha value is -1.75. The molecule has 0 aliphatic rings. The first-order chi connectivity index (χ1) is 11.2. The number of amides is 1. The van der Waals surface area contributed by atoms with Gasteiger partial charge in [0, 0.05) is 11.6 Å². The van der Waals surface area contributed by atoms with Gasteiger partial charge in [-0.05, 0) is 37.1 Å². The average molecular weight is 354 g/mol. The number of ether oxygens (including phenoxy) is 1. The van der Waals surface area contributed by atoms with Gasteiger partial charge in [0.2, 0.25) is 0 Å². The summed E-state index contributed by atoms with van der Waals surface area (Å²) >= 11 is 11.7. The van der Waals surface area contributed by atoms with Crippen molar-refractivity contribution in [3.63, 3.8) is 0 Å². The molecule has 0 spiro atoms. The van der Waals surface area contributed by atoms with Crippen LogP contribution >= 0.6 is 23.2 Å². The number of benzene rings is 2. The van der Waals surface area contributed by atoms with Crippen LogP contribution in [0.25, 0.3) is 0 Å². The molecule has 0 heterocycles. The Bertz CT molecular complexity index is 635. The fourth-order valence-corrected chi connectivity index (χ4v) is 2.09. The van der Waals surface area contributed by atoms with Gasteiger partial charge < -0.3 is 4.74 Å². The smallest absolute Gasteiger partial charge is 0.274 e. The van der Waals surface area contributed by atoms with E-state index in [9.17, 15) is 4.79 Å². The first kappa shape index (κ1) is 17.6. The van der Waals surface area contributed by atoms with Crippen LogP contribution in [0.3, 0.4) is 0 Å². The zero-order chi connectivity index (χ0) is 16.5. The lowest BCUT2D eigenvalue weighted by Gasteiger charge is -2.08. The summed E-state index contributed by atoms with van der Waals surface area (Å²) < 4.78 is 5.55. The van der Waals surface area contributed by atoms with E-state index in [-0.39, 0.29) is 5.91 Å². The summed E-state index contributed by atoms with van der Waals surface area (Å²) in [5.74, 6) is 0.426. The molecule has 1 N–H and O–H groups in total. The maximum absolute atomic E-state index is 11.7. The van der Waals surface area contributed by atoms with Gasteiger partial charge in [-0.1, -0.05) is 41.4 Å². The second kappa shape index (κ2) is 9.40. The largest absolute Gasteiger partial charge is 0.494 e. The van der Waals surface area contributed by atoms with Crippen LogP contribution in [0.1, 0.15) is 23.2 Å². The van der Waals surface area contributed by atoms with Crippen LogP contribution in [0.4, 0.5) is 0 Å². The number of hydroxylamine groups is 1. The van der Waals surface area contributed by atoms with Gasteiger partial charge in [-0.2, -0.15) is 0 Å². The minimum atomic E-state index is -0.252. The maximum Gasteiger partial charge on any atom is 0.274 e. The van der Waals surface area contributed by atoms with Gasteiger partial charge in [-0.25, -0.2) is 5.48 Å². The molecule has 2 aromatic carbocycles. The van der Waals surface area contributed by atoms with Crippen molar-refractivity contribution in [2.45, 2.75) is 12.8 Å². The second-order valence-electron chi connectivity index (χ2n) is 4.78. The Labute approximate surface area is 145 Å². The molecule has 0 radical (unpaired) electrons. The van der Waals surface area contributed by atoms with Crippen molar-refractivity contribution >= 4 is 29.1 Å². The number of carbonyl (C=O) groups is 1. The number of unbranched alkanes of at least 4 members (excludes halogenated alkanes) is 1. The van der Waals surface area contributed by atoms with Crippen molar-refractivity contribution in [2.24, 2.45) is 0 Å². The van der Waals surface area contributed by atoms with Gasteiger partial charge in [0.25, 0.3) is 5.91 Å². The number of carbonyl (C=O) groups excluding carboxylic acids is 1. The minimum Gasteiger partial charge on any atom is -0.494 e. The molecule has 0 saturated heterocycles. The quantitative estimate of drug-likeness (QED) is 0.560. The van der Waals surface area contributed by atoms with Gasteiger partial charge in [-0.15, -0.1) is 0 Å². The van der Waals surface area contributed by atoms with Gasteiger partial charge in [0.1, 0.15) is 5.75 Å². The van der Waals surface area contributed by atoms with E-state index in [2.05, 4.69) is 5.48 Å². The normalized spacial score (nSPS) is 10.3. The number of hydrogen-bond donors (Lipinski definition) is 1. The Morgan fingerprint density at radius 3 is 2.43 bits per heavy atom. The molecule has 122 valence electrons. The highest BCUT2D eigenvalue weighted by Gasteiger charge is 2.03. The van der Waals surface area contributed by atoms with E-state index in [1.165, 1.54) is 0 Å². The first-order valence-corrected chi connectivity index (χ1v) is 7.97. The summed E-state index contributed by atoms with van der Waals surface area (Å²) in [7, 11) is 0. The molecule has 0 aliphatic carbocycles. The lowest BCUT2D eigenvalue weighted by atomic mass is 10.2. The van der Waals surface area contributed by atoms with Gasteiger partial charge in [0.15, 0.2) is 0 Å². The predicted octanol–water partition coefficient (Wildman–Crippen LogP) is 4.51. The topological polar surface area (TPSA) is 47.6 Å². The zero-order valence-corrected chi connectivity index (χ0v) is 13.9. The highest BCUT2D eigenvalue weighted by molar-refractivity contribution is 6.42. The van der Waals surface area contributed by atoms with Crippen molar-refractivity contribution < 1.29 is 14.4 Å². The fraction of sp³-hybridized carbons (Fsp3) is 0.235. The monoisotopic (exact) mass is 353 g/mol. The standard InChI is InChI=1S/C17H17Cl2NO3/c18-15-9-8-14(12-16(15)19)22-10-4-5-11-23-20-17(21)13-6-2-1-3-7-13/h1-3,6-9,12H,4-5,10-11H2,(H,20,21). The molecular weight excluding hydrogens is 337 g/mol. The zero-order valence-electron chi connectivity index (χ0n) is 12.4. The fourth-order valence-electron chi connectivity index (χ4n) is 1.80. The number of nitrogens with one attached hydrogen (secondary N) is 1. The summed E-state index contributed by atoms with van der Waals surface area (Å²) in [5, 5.41) is 0.970. The number of hydrogen-bond acceptors (Lipinski definition) is 3. The molecule has 6 heteroatoms. The summed E-state index contributed by atoms with van der Waals surface area (Å²) in [6.45, 7) is 0.956. The molecule has 0 unspecified atom stereocenters. The number of rotatable bonds is 8. The summed E-state index contributed by atoms with van der Waals surface area (Å²) in [6.07, 6.45) is 1.55. The van der Waals surface area contributed by atoms with Crippen LogP contribution < -0.4 is 10.2 Å². The predicted molar refractivity (Wildman–Crippen MR) is 91.1 cm³/mol. The molecule has 1 amide bonds. The Morgan fingerprint density at radius 1 is 0.957 bits per heavy atom. The van der Waals surface area contributed by atoms with Gasteiger partial charge >= 0.3 is 0 Å². The van der Waals surface area contributed by atoms with E-state index < -0.39 is 0 Å². The molecule has 4 nitrogen and oxygen atoms in total. The highest BCUT2D eigenvalue weighted by atomic mass is 35.5. The van der Waals surface area contributed by atoms with Crippen LogP contribution in [-0.2, 0) is 4.84 Å². The third-order valence-electron chi connectivity index (χ3n) is 3.00. The summed E-state index contributed by atoms with van der Waals surface area (Å²) in [6, 6.07) is 14.1. The van der Waals surface area contributed by atoms with Crippen LogP contribution in [0, 0.1) is 0 Å². The van der Waals surface area contributed by atoms with Crippen LogP contribution in [0.5, 0.6) is 5.75 Å².